The van der Waals surface area contributed by atoms with Crippen LogP contribution < -0.4 is 0 Å². The number of halogens is 1. The molecule has 1 aliphatic heterocycles. The molecule has 1 aliphatic carbocycles. The Morgan fingerprint density at radius 2 is 1.87 bits per heavy atom. The van der Waals surface area contributed by atoms with Crippen LogP contribution in [-0.2, 0) is 17.6 Å². The molecule has 0 bridgehead atoms. The van der Waals surface area contributed by atoms with Crippen molar-refractivity contribution < 1.29 is 14.0 Å². The van der Waals surface area contributed by atoms with E-state index in [9.17, 15) is 14.0 Å². The zero-order valence-electron chi connectivity index (χ0n) is 17.6. The predicted octanol–water partition coefficient (Wildman–Crippen LogP) is 1.74. The van der Waals surface area contributed by atoms with Gasteiger partial charge in [0.1, 0.15) is 11.5 Å². The number of aromatic nitrogens is 2. The van der Waals surface area contributed by atoms with Crippen molar-refractivity contribution in [3.8, 4) is 5.69 Å². The van der Waals surface area contributed by atoms with E-state index in [-0.39, 0.29) is 17.6 Å². The fraction of sp³-hybridized carbons (Fsp3) is 0.500. The topological polar surface area (TPSA) is 61.7 Å². The number of para-hydroxylation sites is 1. The highest BCUT2D eigenvalue weighted by atomic mass is 19.1. The average molecular weight is 413 g/mol. The first kappa shape index (κ1) is 20.5. The Morgan fingerprint density at radius 3 is 2.63 bits per heavy atom. The molecule has 1 aromatic carbocycles. The van der Waals surface area contributed by atoms with Gasteiger partial charge in [-0.1, -0.05) is 12.1 Å². The minimum atomic E-state index is -0.343. The van der Waals surface area contributed by atoms with Gasteiger partial charge in [-0.2, -0.15) is 5.10 Å². The third-order valence-corrected chi connectivity index (χ3v) is 5.95. The molecule has 1 saturated heterocycles. The number of likely N-dealkylation sites (N-methyl/N-ethyl adjacent to an activating group) is 1. The maximum Gasteiger partial charge on any atom is 0.274 e. The highest BCUT2D eigenvalue weighted by molar-refractivity contribution is 5.94. The lowest BCUT2D eigenvalue weighted by molar-refractivity contribution is -0.129. The van der Waals surface area contributed by atoms with Gasteiger partial charge < -0.3 is 9.80 Å². The molecule has 160 valence electrons. The molecule has 0 radical (unpaired) electrons. The monoisotopic (exact) mass is 413 g/mol. The van der Waals surface area contributed by atoms with Gasteiger partial charge in [-0.15, -0.1) is 0 Å². The van der Waals surface area contributed by atoms with Crippen LogP contribution in [0.4, 0.5) is 4.39 Å². The first-order valence-electron chi connectivity index (χ1n) is 10.5. The second-order valence-corrected chi connectivity index (χ2v) is 8.20. The summed E-state index contributed by atoms with van der Waals surface area (Å²) in [5.41, 5.74) is 2.73. The van der Waals surface area contributed by atoms with Crippen molar-refractivity contribution in [3.63, 3.8) is 0 Å². The summed E-state index contributed by atoms with van der Waals surface area (Å²) in [6, 6.07) is 6.54. The SMILES string of the molecule is CN(C)C(=O)CN1CCCN(C(=O)c2nn(-c3ccccc3F)c3c2CCC3)CC1. The van der Waals surface area contributed by atoms with Gasteiger partial charge in [-0.25, -0.2) is 9.07 Å². The summed E-state index contributed by atoms with van der Waals surface area (Å²) in [6.07, 6.45) is 3.34. The molecule has 1 aromatic heterocycles. The Bertz CT molecular complexity index is 955. The van der Waals surface area contributed by atoms with Crippen LogP contribution in [0.1, 0.15) is 34.6 Å². The van der Waals surface area contributed by atoms with Gasteiger partial charge in [-0.05, 0) is 37.8 Å². The van der Waals surface area contributed by atoms with Gasteiger partial charge >= 0.3 is 0 Å². The van der Waals surface area contributed by atoms with Crippen LogP contribution in [-0.4, -0.2) is 83.1 Å². The zero-order chi connectivity index (χ0) is 21.3. The Morgan fingerprint density at radius 1 is 1.07 bits per heavy atom. The summed E-state index contributed by atoms with van der Waals surface area (Å²) in [6.45, 7) is 2.99. The van der Waals surface area contributed by atoms with Crippen molar-refractivity contribution in [2.45, 2.75) is 25.7 Å². The van der Waals surface area contributed by atoms with Crippen molar-refractivity contribution in [2.75, 3.05) is 46.8 Å². The lowest BCUT2D eigenvalue weighted by Crippen LogP contribution is -2.39. The van der Waals surface area contributed by atoms with Crippen LogP contribution >= 0.6 is 0 Å². The van der Waals surface area contributed by atoms with E-state index in [2.05, 4.69) is 10.00 Å². The number of nitrogens with zero attached hydrogens (tertiary/aromatic N) is 5. The van der Waals surface area contributed by atoms with Gasteiger partial charge in [0.05, 0.1) is 6.54 Å². The van der Waals surface area contributed by atoms with Crippen molar-refractivity contribution in [2.24, 2.45) is 0 Å². The van der Waals surface area contributed by atoms with Crippen LogP contribution in [0, 0.1) is 5.82 Å². The Kier molecular flexibility index (Phi) is 5.85. The molecule has 0 unspecified atom stereocenters. The van der Waals surface area contributed by atoms with E-state index < -0.39 is 0 Å². The average Bonchev–Trinajstić information content (AvgIpc) is 3.25. The van der Waals surface area contributed by atoms with Gasteiger partial charge in [0.15, 0.2) is 5.69 Å². The first-order valence-corrected chi connectivity index (χ1v) is 10.5. The quantitative estimate of drug-likeness (QED) is 0.766. The molecule has 30 heavy (non-hydrogen) atoms. The fourth-order valence-corrected chi connectivity index (χ4v) is 4.25. The molecule has 8 heteroatoms. The standard InChI is InChI=1S/C22H28FN5O2/c1-25(2)20(29)15-26-11-6-12-27(14-13-26)22(30)21-16-7-5-10-18(16)28(24-21)19-9-4-3-8-17(19)23/h3-4,8-9H,5-7,10-15H2,1-2H3. The molecule has 2 aliphatic rings. The molecule has 2 aromatic rings. The molecular weight excluding hydrogens is 385 g/mol. The van der Waals surface area contributed by atoms with E-state index in [1.165, 1.54) is 6.07 Å². The van der Waals surface area contributed by atoms with E-state index in [0.29, 0.717) is 37.6 Å². The fourth-order valence-electron chi connectivity index (χ4n) is 4.25. The molecule has 2 heterocycles. The predicted molar refractivity (Wildman–Crippen MR) is 111 cm³/mol. The number of hydrogen-bond acceptors (Lipinski definition) is 4. The second-order valence-electron chi connectivity index (χ2n) is 8.20. The van der Waals surface area contributed by atoms with Crippen LogP contribution in [0.2, 0.25) is 0 Å². The number of carbonyl (C=O) groups is 2. The van der Waals surface area contributed by atoms with E-state index in [1.807, 2.05) is 4.90 Å². The molecule has 0 N–H and O–H groups in total. The lowest BCUT2D eigenvalue weighted by Gasteiger charge is -2.22. The minimum Gasteiger partial charge on any atom is -0.348 e. The molecular formula is C22H28FN5O2. The zero-order valence-corrected chi connectivity index (χ0v) is 17.6. The third-order valence-electron chi connectivity index (χ3n) is 5.95. The number of benzene rings is 1. The van der Waals surface area contributed by atoms with Crippen molar-refractivity contribution in [1.29, 1.82) is 0 Å². The normalized spacial score (nSPS) is 17.0. The van der Waals surface area contributed by atoms with Gasteiger partial charge in [-0.3, -0.25) is 14.5 Å². The van der Waals surface area contributed by atoms with Gasteiger partial charge in [0.25, 0.3) is 5.91 Å². The maximum absolute atomic E-state index is 14.4. The van der Waals surface area contributed by atoms with Crippen LogP contribution in [0.5, 0.6) is 0 Å². The highest BCUT2D eigenvalue weighted by Gasteiger charge is 2.31. The maximum atomic E-state index is 14.4. The molecule has 2 amide bonds. The first-order chi connectivity index (χ1) is 14.5. The van der Waals surface area contributed by atoms with Gasteiger partial charge in [0, 0.05) is 51.5 Å². The number of fused-ring (bicyclic) bond motifs is 1. The summed E-state index contributed by atoms with van der Waals surface area (Å²) in [5, 5.41) is 4.57. The van der Waals surface area contributed by atoms with E-state index in [0.717, 1.165) is 43.5 Å². The highest BCUT2D eigenvalue weighted by Crippen LogP contribution is 2.29. The molecule has 7 nitrogen and oxygen atoms in total. The smallest absolute Gasteiger partial charge is 0.274 e. The number of carbonyl (C=O) groups excluding carboxylic acids is 2. The number of amides is 2. The van der Waals surface area contributed by atoms with Crippen molar-refractivity contribution >= 4 is 11.8 Å². The van der Waals surface area contributed by atoms with Crippen molar-refractivity contribution in [1.82, 2.24) is 24.5 Å². The minimum absolute atomic E-state index is 0.0660. The Hall–Kier alpha value is -2.74. The van der Waals surface area contributed by atoms with Gasteiger partial charge in [0.2, 0.25) is 5.91 Å². The van der Waals surface area contributed by atoms with E-state index >= 15 is 0 Å². The van der Waals surface area contributed by atoms with Crippen LogP contribution in [0.3, 0.4) is 0 Å². The molecule has 0 spiro atoms. The molecule has 4 rings (SSSR count). The Balaban J connectivity index is 1.54. The molecule has 0 atom stereocenters. The molecule has 1 fully saturated rings. The molecule has 0 saturated carbocycles. The van der Waals surface area contributed by atoms with Crippen LogP contribution in [0.15, 0.2) is 24.3 Å². The largest absolute Gasteiger partial charge is 0.348 e. The van der Waals surface area contributed by atoms with Crippen LogP contribution in [0.25, 0.3) is 5.69 Å². The second kappa shape index (κ2) is 8.55. The number of rotatable bonds is 4. The number of hydrogen-bond donors (Lipinski definition) is 0. The van der Waals surface area contributed by atoms with Crippen molar-refractivity contribution in [3.05, 3.63) is 47.0 Å². The summed E-state index contributed by atoms with van der Waals surface area (Å²) in [7, 11) is 3.50. The Labute approximate surface area is 176 Å². The lowest BCUT2D eigenvalue weighted by atomic mass is 10.2. The summed E-state index contributed by atoms with van der Waals surface area (Å²) >= 11 is 0. The van der Waals surface area contributed by atoms with E-state index in [4.69, 9.17) is 0 Å². The summed E-state index contributed by atoms with van der Waals surface area (Å²) in [5.74, 6) is -0.370. The third kappa shape index (κ3) is 3.96. The summed E-state index contributed by atoms with van der Waals surface area (Å²) < 4.78 is 16.0. The van der Waals surface area contributed by atoms with E-state index in [1.54, 1.807) is 41.9 Å². The summed E-state index contributed by atoms with van der Waals surface area (Å²) in [4.78, 5) is 30.9.